The molecule has 1 unspecified atom stereocenters. The summed E-state index contributed by atoms with van der Waals surface area (Å²) in [5.74, 6) is 1.97. The fraction of sp³-hybridized carbons (Fsp3) is 0.667. The average Bonchev–Trinajstić information content (AvgIpc) is 3.57. The van der Waals surface area contributed by atoms with E-state index in [9.17, 15) is 9.90 Å². The molecule has 210 valence electrons. The largest absolute Gasteiger partial charge is 0.473 e. The number of rotatable bonds is 5. The van der Waals surface area contributed by atoms with E-state index in [1.54, 1.807) is 6.92 Å². The molecule has 2 aromatic heterocycles. The molecule has 4 heterocycles. The van der Waals surface area contributed by atoms with E-state index in [2.05, 4.69) is 30.1 Å². The van der Waals surface area contributed by atoms with Crippen molar-refractivity contribution in [1.29, 1.82) is 0 Å². The first-order valence-corrected chi connectivity index (χ1v) is 14.7. The molecule has 0 radical (unpaired) electrons. The third-order valence-electron chi connectivity index (χ3n) is 9.60. The zero-order chi connectivity index (χ0) is 27.1. The number of hydrogen-bond donors (Lipinski definition) is 1. The molecule has 9 nitrogen and oxygen atoms in total. The average molecular weight is 536 g/mol. The zero-order valence-corrected chi connectivity index (χ0v) is 23.5. The SMILES string of the molecule is CC(=O)N1CC=C(c2cc(O[C@@H](C)[C@@H]3CCCN3C)nc(-c3noc4c3CCC[C@@]43CCCCC3O)n2)CC1. The number of ether oxygens (including phenoxy) is 1. The van der Waals surface area contributed by atoms with Gasteiger partial charge in [0.1, 0.15) is 11.9 Å². The molecule has 4 atom stereocenters. The van der Waals surface area contributed by atoms with Crippen LogP contribution in [0, 0.1) is 0 Å². The molecule has 1 N–H and O–H groups in total. The van der Waals surface area contributed by atoms with Gasteiger partial charge in [-0.1, -0.05) is 24.1 Å². The van der Waals surface area contributed by atoms with Crippen molar-refractivity contribution in [1.82, 2.24) is 24.9 Å². The van der Waals surface area contributed by atoms with Gasteiger partial charge < -0.3 is 19.3 Å². The monoisotopic (exact) mass is 535 g/mol. The standard InChI is InChI=1S/C30H41N5O4/c1-19(24-9-7-15-34(24)3)38-26-18-23(21-11-16-35(17-12-21)20(2)36)31-29(32-26)27-22-8-6-14-30(28(22)39-33-27)13-5-4-10-25(30)37/h11,18-19,24-25,37H,4-10,12-17H2,1-3H3/t19-,24-,25?,30+/m0/s1. The number of carbonyl (C=O) groups is 1. The Morgan fingerprint density at radius 3 is 2.72 bits per heavy atom. The van der Waals surface area contributed by atoms with E-state index in [0.717, 1.165) is 86.9 Å². The van der Waals surface area contributed by atoms with Gasteiger partial charge >= 0.3 is 0 Å². The Labute approximate surface area is 230 Å². The molecule has 0 aromatic carbocycles. The number of fused-ring (bicyclic) bond motifs is 2. The Balaban J connectivity index is 1.38. The highest BCUT2D eigenvalue weighted by molar-refractivity contribution is 5.76. The molecule has 2 aromatic rings. The van der Waals surface area contributed by atoms with Crippen LogP contribution in [-0.2, 0) is 16.6 Å². The van der Waals surface area contributed by atoms with Gasteiger partial charge in [-0.2, -0.15) is 4.98 Å². The quantitative estimate of drug-likeness (QED) is 0.609. The first-order chi connectivity index (χ1) is 18.9. The van der Waals surface area contributed by atoms with Crippen LogP contribution in [0.3, 0.4) is 0 Å². The number of aliphatic hydroxyl groups excluding tert-OH is 1. The fourth-order valence-electron chi connectivity index (χ4n) is 7.32. The van der Waals surface area contributed by atoms with Gasteiger partial charge in [0, 0.05) is 37.7 Å². The summed E-state index contributed by atoms with van der Waals surface area (Å²) < 4.78 is 12.5. The van der Waals surface area contributed by atoms with Gasteiger partial charge in [0.15, 0.2) is 11.5 Å². The second kappa shape index (κ2) is 10.7. The van der Waals surface area contributed by atoms with Gasteiger partial charge in [0.2, 0.25) is 11.8 Å². The number of nitrogens with zero attached hydrogens (tertiary/aromatic N) is 5. The highest BCUT2D eigenvalue weighted by Gasteiger charge is 2.48. The van der Waals surface area contributed by atoms with Gasteiger partial charge in [-0.15, -0.1) is 0 Å². The minimum atomic E-state index is -0.405. The number of amides is 1. The van der Waals surface area contributed by atoms with Gasteiger partial charge in [-0.3, -0.25) is 9.69 Å². The lowest BCUT2D eigenvalue weighted by molar-refractivity contribution is -0.128. The van der Waals surface area contributed by atoms with Crippen molar-refractivity contribution in [2.75, 3.05) is 26.7 Å². The first kappa shape index (κ1) is 26.4. The molecule has 0 bridgehead atoms. The molecule has 9 heteroatoms. The Hall–Kier alpha value is -2.78. The van der Waals surface area contributed by atoms with Crippen molar-refractivity contribution >= 4 is 11.5 Å². The highest BCUT2D eigenvalue weighted by Crippen LogP contribution is 2.49. The van der Waals surface area contributed by atoms with Gasteiger partial charge in [-0.05, 0) is 77.5 Å². The summed E-state index contributed by atoms with van der Waals surface area (Å²) in [6, 6.07) is 2.28. The van der Waals surface area contributed by atoms with E-state index in [4.69, 9.17) is 19.2 Å². The molecule has 1 amide bonds. The van der Waals surface area contributed by atoms with Crippen molar-refractivity contribution in [2.24, 2.45) is 0 Å². The van der Waals surface area contributed by atoms with Crippen LogP contribution < -0.4 is 4.74 Å². The summed E-state index contributed by atoms with van der Waals surface area (Å²) >= 11 is 0. The van der Waals surface area contributed by atoms with Crippen LogP contribution in [0.2, 0.25) is 0 Å². The van der Waals surface area contributed by atoms with Gasteiger partial charge in [-0.25, -0.2) is 4.98 Å². The number of hydrogen-bond acceptors (Lipinski definition) is 8. The van der Waals surface area contributed by atoms with Crippen LogP contribution in [0.1, 0.15) is 88.7 Å². The lowest BCUT2D eigenvalue weighted by atomic mass is 9.63. The first-order valence-electron chi connectivity index (χ1n) is 14.7. The lowest BCUT2D eigenvalue weighted by Crippen LogP contribution is -2.44. The van der Waals surface area contributed by atoms with Crippen LogP contribution in [-0.4, -0.2) is 80.9 Å². The zero-order valence-electron chi connectivity index (χ0n) is 23.5. The Kier molecular flexibility index (Phi) is 7.22. The normalized spacial score (nSPS) is 28.3. The summed E-state index contributed by atoms with van der Waals surface area (Å²) in [4.78, 5) is 25.9. The smallest absolute Gasteiger partial charge is 0.219 e. The van der Waals surface area contributed by atoms with Crippen LogP contribution in [0.25, 0.3) is 17.1 Å². The summed E-state index contributed by atoms with van der Waals surface area (Å²) in [5.41, 5.74) is 3.25. The van der Waals surface area contributed by atoms with Crippen LogP contribution >= 0.6 is 0 Å². The van der Waals surface area contributed by atoms with E-state index in [1.165, 1.54) is 6.42 Å². The molecule has 2 fully saturated rings. The Morgan fingerprint density at radius 2 is 2.00 bits per heavy atom. The molecule has 2 aliphatic heterocycles. The number of aromatic nitrogens is 3. The van der Waals surface area contributed by atoms with Crippen molar-refractivity contribution in [3.8, 4) is 17.4 Å². The topological polar surface area (TPSA) is 105 Å². The fourth-order valence-corrected chi connectivity index (χ4v) is 7.32. The minimum absolute atomic E-state index is 0.0199. The van der Waals surface area contributed by atoms with Crippen molar-refractivity contribution < 1.29 is 19.2 Å². The second-order valence-corrected chi connectivity index (χ2v) is 12.0. The molecule has 39 heavy (non-hydrogen) atoms. The number of likely N-dealkylation sites (tertiary alicyclic amines) is 1. The molecule has 6 rings (SSSR count). The summed E-state index contributed by atoms with van der Waals surface area (Å²) in [7, 11) is 2.15. The van der Waals surface area contributed by atoms with Crippen molar-refractivity contribution in [3.05, 3.63) is 29.2 Å². The van der Waals surface area contributed by atoms with E-state index in [-0.39, 0.29) is 17.4 Å². The maximum atomic E-state index is 11.9. The Bertz CT molecular complexity index is 1260. The summed E-state index contributed by atoms with van der Waals surface area (Å²) in [6.45, 7) is 6.04. The van der Waals surface area contributed by atoms with Gasteiger partial charge in [0.05, 0.1) is 17.2 Å². The maximum Gasteiger partial charge on any atom is 0.219 e. The second-order valence-electron chi connectivity index (χ2n) is 12.0. The van der Waals surface area contributed by atoms with Crippen LogP contribution in [0.15, 0.2) is 16.7 Å². The van der Waals surface area contributed by atoms with Crippen LogP contribution in [0.4, 0.5) is 0 Å². The predicted octanol–water partition coefficient (Wildman–Crippen LogP) is 4.14. The third kappa shape index (κ3) is 4.88. The number of aliphatic hydroxyl groups is 1. The molecule has 1 spiro atoms. The number of carbonyl (C=O) groups excluding carboxylic acids is 1. The van der Waals surface area contributed by atoms with E-state index < -0.39 is 6.10 Å². The van der Waals surface area contributed by atoms with Crippen LogP contribution in [0.5, 0.6) is 5.88 Å². The molecule has 1 saturated heterocycles. The predicted molar refractivity (Wildman–Crippen MR) is 147 cm³/mol. The Morgan fingerprint density at radius 1 is 1.15 bits per heavy atom. The van der Waals surface area contributed by atoms with Crippen molar-refractivity contribution in [2.45, 2.75) is 102 Å². The summed E-state index contributed by atoms with van der Waals surface area (Å²) in [5, 5.41) is 15.6. The summed E-state index contributed by atoms with van der Waals surface area (Å²) in [6.07, 6.45) is 11.3. The van der Waals surface area contributed by atoms with Crippen molar-refractivity contribution in [3.63, 3.8) is 0 Å². The third-order valence-corrected chi connectivity index (χ3v) is 9.60. The minimum Gasteiger partial charge on any atom is -0.473 e. The van der Waals surface area contributed by atoms with E-state index in [0.29, 0.717) is 36.5 Å². The van der Waals surface area contributed by atoms with Gasteiger partial charge in [0.25, 0.3) is 0 Å². The number of likely N-dealkylation sites (N-methyl/N-ethyl adjacent to an activating group) is 1. The molecular formula is C30H41N5O4. The molecule has 4 aliphatic rings. The maximum absolute atomic E-state index is 11.9. The molecular weight excluding hydrogens is 494 g/mol. The molecule has 1 saturated carbocycles. The molecule has 2 aliphatic carbocycles. The van der Waals surface area contributed by atoms with E-state index >= 15 is 0 Å². The van der Waals surface area contributed by atoms with E-state index in [1.807, 2.05) is 11.0 Å². The lowest BCUT2D eigenvalue weighted by Gasteiger charge is -2.42. The highest BCUT2D eigenvalue weighted by atomic mass is 16.5.